The third-order valence-corrected chi connectivity index (χ3v) is 3.78. The molecule has 19 heavy (non-hydrogen) atoms. The van der Waals surface area contributed by atoms with E-state index in [4.69, 9.17) is 5.73 Å². The third-order valence-electron chi connectivity index (χ3n) is 3.78. The van der Waals surface area contributed by atoms with Gasteiger partial charge in [-0.1, -0.05) is 42.8 Å². The Balaban J connectivity index is 1.96. The van der Waals surface area contributed by atoms with Crippen LogP contribution in [0.25, 0.3) is 21.8 Å². The quantitative estimate of drug-likeness (QED) is 0.662. The number of para-hydroxylation sites is 2. The molecule has 98 valence electrons. The lowest BCUT2D eigenvalue weighted by Crippen LogP contribution is -1.98. The SMILES string of the molecule is NCCCCCc1cccc2c1[nH]c1ccccc12. The number of aromatic nitrogens is 1. The highest BCUT2D eigenvalue weighted by atomic mass is 14.7. The summed E-state index contributed by atoms with van der Waals surface area (Å²) in [6.45, 7) is 0.802. The predicted molar refractivity (Wildman–Crippen MR) is 82.4 cm³/mol. The van der Waals surface area contributed by atoms with Crippen molar-refractivity contribution in [1.29, 1.82) is 0 Å². The zero-order chi connectivity index (χ0) is 13.1. The summed E-state index contributed by atoms with van der Waals surface area (Å²) in [5.74, 6) is 0. The standard InChI is InChI=1S/C17H20N2/c18-12-5-1-2-7-13-8-6-10-15-14-9-3-4-11-16(14)19-17(13)15/h3-4,6,8-11,19H,1-2,5,7,12,18H2. The van der Waals surface area contributed by atoms with Gasteiger partial charge in [0.05, 0.1) is 0 Å². The molecule has 0 aliphatic carbocycles. The van der Waals surface area contributed by atoms with Crippen LogP contribution in [0.5, 0.6) is 0 Å². The van der Waals surface area contributed by atoms with Crippen LogP contribution in [0.15, 0.2) is 42.5 Å². The fourth-order valence-electron chi connectivity index (χ4n) is 2.78. The van der Waals surface area contributed by atoms with Crippen molar-refractivity contribution in [3.8, 4) is 0 Å². The summed E-state index contributed by atoms with van der Waals surface area (Å²) >= 11 is 0. The van der Waals surface area contributed by atoms with Crippen LogP contribution < -0.4 is 5.73 Å². The van der Waals surface area contributed by atoms with E-state index >= 15 is 0 Å². The summed E-state index contributed by atoms with van der Waals surface area (Å²) < 4.78 is 0. The lowest BCUT2D eigenvalue weighted by molar-refractivity contribution is 0.688. The van der Waals surface area contributed by atoms with Gasteiger partial charge in [-0.05, 0) is 37.4 Å². The number of unbranched alkanes of at least 4 members (excludes halogenated alkanes) is 2. The average molecular weight is 252 g/mol. The molecule has 0 saturated heterocycles. The lowest BCUT2D eigenvalue weighted by atomic mass is 10.0. The van der Waals surface area contributed by atoms with Crippen molar-refractivity contribution in [1.82, 2.24) is 4.98 Å². The van der Waals surface area contributed by atoms with E-state index in [9.17, 15) is 0 Å². The molecule has 3 rings (SSSR count). The van der Waals surface area contributed by atoms with Gasteiger partial charge in [-0.2, -0.15) is 0 Å². The van der Waals surface area contributed by atoms with E-state index in [-0.39, 0.29) is 0 Å². The van der Waals surface area contributed by atoms with Crippen molar-refractivity contribution in [2.75, 3.05) is 6.54 Å². The summed E-state index contributed by atoms with van der Waals surface area (Å²) in [4.78, 5) is 3.56. The summed E-state index contributed by atoms with van der Waals surface area (Å²) in [6.07, 6.45) is 4.69. The van der Waals surface area contributed by atoms with Crippen molar-refractivity contribution in [2.45, 2.75) is 25.7 Å². The number of hydrogen-bond donors (Lipinski definition) is 2. The van der Waals surface area contributed by atoms with Crippen molar-refractivity contribution in [2.24, 2.45) is 5.73 Å². The zero-order valence-electron chi connectivity index (χ0n) is 11.2. The molecule has 0 aliphatic heterocycles. The van der Waals surface area contributed by atoms with Crippen LogP contribution in [0, 0.1) is 0 Å². The van der Waals surface area contributed by atoms with E-state index in [1.54, 1.807) is 0 Å². The van der Waals surface area contributed by atoms with Gasteiger partial charge in [0, 0.05) is 21.8 Å². The van der Waals surface area contributed by atoms with E-state index in [1.165, 1.54) is 40.2 Å². The first kappa shape index (κ1) is 12.2. The van der Waals surface area contributed by atoms with E-state index < -0.39 is 0 Å². The predicted octanol–water partition coefficient (Wildman–Crippen LogP) is 3.99. The molecule has 1 heterocycles. The fraction of sp³-hybridized carbons (Fsp3) is 0.294. The Morgan fingerprint density at radius 1 is 0.842 bits per heavy atom. The lowest BCUT2D eigenvalue weighted by Gasteiger charge is -2.03. The third kappa shape index (κ3) is 2.36. The van der Waals surface area contributed by atoms with Gasteiger partial charge in [0.15, 0.2) is 0 Å². The molecule has 2 heteroatoms. The number of benzene rings is 2. The Labute approximate surface area is 113 Å². The van der Waals surface area contributed by atoms with Crippen molar-refractivity contribution < 1.29 is 0 Å². The fourth-order valence-corrected chi connectivity index (χ4v) is 2.78. The van der Waals surface area contributed by atoms with E-state index in [1.807, 2.05) is 0 Å². The monoisotopic (exact) mass is 252 g/mol. The molecule has 3 N–H and O–H groups in total. The molecule has 0 unspecified atom stereocenters. The van der Waals surface area contributed by atoms with E-state index in [0.717, 1.165) is 19.4 Å². The summed E-state index contributed by atoms with van der Waals surface area (Å²) in [5.41, 5.74) is 9.50. The minimum absolute atomic E-state index is 0.802. The molecule has 0 bridgehead atoms. The van der Waals surface area contributed by atoms with Crippen LogP contribution in [0.1, 0.15) is 24.8 Å². The summed E-state index contributed by atoms with van der Waals surface area (Å²) in [7, 11) is 0. The first-order valence-electron chi connectivity index (χ1n) is 7.08. The van der Waals surface area contributed by atoms with Crippen LogP contribution in [0.2, 0.25) is 0 Å². The number of aryl methyl sites for hydroxylation is 1. The first-order chi connectivity index (χ1) is 9.40. The largest absolute Gasteiger partial charge is 0.354 e. The number of fused-ring (bicyclic) bond motifs is 3. The highest BCUT2D eigenvalue weighted by molar-refractivity contribution is 6.08. The number of nitrogens with two attached hydrogens (primary N) is 1. The Hall–Kier alpha value is -1.80. The van der Waals surface area contributed by atoms with Gasteiger partial charge in [-0.25, -0.2) is 0 Å². The Morgan fingerprint density at radius 3 is 2.58 bits per heavy atom. The molecule has 1 aromatic heterocycles. The maximum absolute atomic E-state index is 5.54. The minimum atomic E-state index is 0.802. The maximum atomic E-state index is 5.54. The topological polar surface area (TPSA) is 41.8 Å². The molecule has 0 saturated carbocycles. The number of H-pyrrole nitrogens is 1. The Morgan fingerprint density at radius 2 is 1.68 bits per heavy atom. The van der Waals surface area contributed by atoms with Gasteiger partial charge >= 0.3 is 0 Å². The highest BCUT2D eigenvalue weighted by Gasteiger charge is 2.06. The normalized spacial score (nSPS) is 11.4. The van der Waals surface area contributed by atoms with Gasteiger partial charge in [0.2, 0.25) is 0 Å². The smallest absolute Gasteiger partial charge is 0.0497 e. The van der Waals surface area contributed by atoms with Gasteiger partial charge < -0.3 is 10.7 Å². The number of hydrogen-bond acceptors (Lipinski definition) is 1. The average Bonchev–Trinajstić information content (AvgIpc) is 2.83. The highest BCUT2D eigenvalue weighted by Crippen LogP contribution is 2.28. The van der Waals surface area contributed by atoms with Crippen molar-refractivity contribution >= 4 is 21.8 Å². The van der Waals surface area contributed by atoms with Crippen LogP contribution in [0.4, 0.5) is 0 Å². The van der Waals surface area contributed by atoms with Crippen LogP contribution >= 0.6 is 0 Å². The van der Waals surface area contributed by atoms with Crippen molar-refractivity contribution in [3.63, 3.8) is 0 Å². The van der Waals surface area contributed by atoms with E-state index in [2.05, 4.69) is 47.4 Å². The Kier molecular flexibility index (Phi) is 3.51. The molecule has 0 atom stereocenters. The molecule has 0 aliphatic rings. The van der Waals surface area contributed by atoms with E-state index in [0.29, 0.717) is 0 Å². The molecule has 2 aromatic carbocycles. The molecular formula is C17H20N2. The van der Waals surface area contributed by atoms with Gasteiger partial charge in [-0.15, -0.1) is 0 Å². The summed E-state index contributed by atoms with van der Waals surface area (Å²) in [6, 6.07) is 15.1. The second-order valence-corrected chi connectivity index (χ2v) is 5.11. The molecule has 0 radical (unpaired) electrons. The number of nitrogens with one attached hydrogen (secondary N) is 1. The molecule has 0 amide bonds. The van der Waals surface area contributed by atoms with Gasteiger partial charge in [-0.3, -0.25) is 0 Å². The maximum Gasteiger partial charge on any atom is 0.0497 e. The van der Waals surface area contributed by atoms with Gasteiger partial charge in [0.25, 0.3) is 0 Å². The van der Waals surface area contributed by atoms with Crippen LogP contribution in [-0.4, -0.2) is 11.5 Å². The Bertz CT molecular complexity index is 682. The number of aromatic amines is 1. The molecule has 0 spiro atoms. The van der Waals surface area contributed by atoms with Crippen LogP contribution in [0.3, 0.4) is 0 Å². The second-order valence-electron chi connectivity index (χ2n) is 5.11. The molecule has 0 fully saturated rings. The van der Waals surface area contributed by atoms with Crippen LogP contribution in [-0.2, 0) is 6.42 Å². The van der Waals surface area contributed by atoms with Crippen molar-refractivity contribution in [3.05, 3.63) is 48.0 Å². The molecular weight excluding hydrogens is 232 g/mol. The second kappa shape index (κ2) is 5.45. The summed E-state index contributed by atoms with van der Waals surface area (Å²) in [5, 5.41) is 2.66. The zero-order valence-corrected chi connectivity index (χ0v) is 11.2. The minimum Gasteiger partial charge on any atom is -0.354 e. The van der Waals surface area contributed by atoms with Gasteiger partial charge in [0.1, 0.15) is 0 Å². The number of rotatable bonds is 5. The first-order valence-corrected chi connectivity index (χ1v) is 7.08. The molecule has 2 nitrogen and oxygen atoms in total. The molecule has 3 aromatic rings.